The van der Waals surface area contributed by atoms with E-state index in [1.165, 1.54) is 0 Å². The van der Waals surface area contributed by atoms with Crippen LogP contribution in [0.1, 0.15) is 18.9 Å². The van der Waals surface area contributed by atoms with Crippen LogP contribution in [0.4, 0.5) is 11.5 Å². The number of imidazole rings is 1. The number of benzene rings is 3. The van der Waals surface area contributed by atoms with Gasteiger partial charge in [0.05, 0.1) is 5.52 Å². The first kappa shape index (κ1) is 24.9. The van der Waals surface area contributed by atoms with Crippen LogP contribution in [0, 0.1) is 0 Å². The molecule has 5 aromatic rings. The van der Waals surface area contributed by atoms with E-state index >= 15 is 0 Å². The van der Waals surface area contributed by atoms with Gasteiger partial charge in [-0.05, 0) is 68.5 Å². The molecule has 3 aromatic carbocycles. The Kier molecular flexibility index (Phi) is 8.62. The van der Waals surface area contributed by atoms with Gasteiger partial charge in [0.1, 0.15) is 30.3 Å². The van der Waals surface area contributed by atoms with Crippen LogP contribution < -0.4 is 15.4 Å². The first-order valence-corrected chi connectivity index (χ1v) is 12.1. The highest BCUT2D eigenvalue weighted by molar-refractivity contribution is 5.93. The van der Waals surface area contributed by atoms with Crippen molar-refractivity contribution in [3.8, 4) is 17.1 Å². The fourth-order valence-corrected chi connectivity index (χ4v) is 3.80. The van der Waals surface area contributed by atoms with Gasteiger partial charge in [-0.15, -0.1) is 0 Å². The lowest BCUT2D eigenvalue weighted by Gasteiger charge is -2.11. The minimum atomic E-state index is 0.542. The van der Waals surface area contributed by atoms with Crippen molar-refractivity contribution < 1.29 is 4.74 Å². The average molecular weight is 481 g/mol. The van der Waals surface area contributed by atoms with E-state index in [-0.39, 0.29) is 0 Å². The summed E-state index contributed by atoms with van der Waals surface area (Å²) in [5, 5.41) is 7.13. The highest BCUT2D eigenvalue weighted by atomic mass is 16.5. The standard InChI is InChI=1S/C27H25N5O.C2H7N/c1-2-15-32-16-14-28-27(32)21-8-13-25-24(17-21)26(30-19-29-25)31-22-9-11-23(12-10-22)33-18-20-6-4-3-5-7-20;1-3-2/h3-14,16-17,19H,2,15,18H2,1H3,(H,29,30,31);3H,1-2H3. The second kappa shape index (κ2) is 12.5. The van der Waals surface area contributed by atoms with E-state index in [4.69, 9.17) is 4.74 Å². The highest BCUT2D eigenvalue weighted by Gasteiger charge is 2.10. The molecule has 5 rings (SSSR count). The summed E-state index contributed by atoms with van der Waals surface area (Å²) < 4.78 is 8.07. The summed E-state index contributed by atoms with van der Waals surface area (Å²) in [7, 11) is 3.75. The smallest absolute Gasteiger partial charge is 0.141 e. The Bertz CT molecular complexity index is 1370. The first-order chi connectivity index (χ1) is 17.7. The largest absolute Gasteiger partial charge is 0.489 e. The van der Waals surface area contributed by atoms with E-state index in [1.807, 2.05) is 75.0 Å². The highest BCUT2D eigenvalue weighted by Crippen LogP contribution is 2.28. The molecule has 0 bridgehead atoms. The lowest BCUT2D eigenvalue weighted by atomic mass is 10.1. The summed E-state index contributed by atoms with van der Waals surface area (Å²) in [6.45, 7) is 3.64. The van der Waals surface area contributed by atoms with E-state index in [9.17, 15) is 0 Å². The first-order valence-electron chi connectivity index (χ1n) is 12.1. The van der Waals surface area contributed by atoms with Crippen molar-refractivity contribution >= 4 is 22.4 Å². The predicted molar refractivity (Wildman–Crippen MR) is 147 cm³/mol. The van der Waals surface area contributed by atoms with Crippen molar-refractivity contribution in [1.29, 1.82) is 0 Å². The molecule has 0 amide bonds. The second-order valence-corrected chi connectivity index (χ2v) is 8.32. The molecule has 2 aromatic heterocycles. The van der Waals surface area contributed by atoms with Crippen molar-refractivity contribution in [2.45, 2.75) is 26.5 Å². The summed E-state index contributed by atoms with van der Waals surface area (Å²) in [4.78, 5) is 13.5. The van der Waals surface area contributed by atoms with Gasteiger partial charge in [0.15, 0.2) is 0 Å². The predicted octanol–water partition coefficient (Wildman–Crippen LogP) is 6.06. The van der Waals surface area contributed by atoms with Gasteiger partial charge in [-0.2, -0.15) is 0 Å². The minimum absolute atomic E-state index is 0.542. The molecule has 2 heterocycles. The van der Waals surface area contributed by atoms with E-state index in [0.717, 1.165) is 58.1 Å². The van der Waals surface area contributed by atoms with Crippen LogP contribution in [0.5, 0.6) is 5.75 Å². The van der Waals surface area contributed by atoms with Crippen LogP contribution in [0.15, 0.2) is 91.5 Å². The third-order valence-corrected chi connectivity index (χ3v) is 5.44. The number of hydrogen-bond acceptors (Lipinski definition) is 6. The zero-order chi connectivity index (χ0) is 25.2. The molecule has 7 nitrogen and oxygen atoms in total. The molecule has 0 aliphatic carbocycles. The number of rotatable bonds is 8. The summed E-state index contributed by atoms with van der Waals surface area (Å²) in [5.74, 6) is 2.53. The topological polar surface area (TPSA) is 76.9 Å². The number of ether oxygens (including phenoxy) is 1. The van der Waals surface area contributed by atoms with Crippen molar-refractivity contribution in [3.05, 3.63) is 97.1 Å². The average Bonchev–Trinajstić information content (AvgIpc) is 3.38. The number of aromatic nitrogens is 4. The fraction of sp³-hybridized carbons (Fsp3) is 0.207. The van der Waals surface area contributed by atoms with E-state index in [1.54, 1.807) is 6.33 Å². The SMILES string of the molecule is CCCn1ccnc1-c1ccc2ncnc(Nc3ccc(OCc4ccccc4)cc3)c2c1.CNC. The number of nitrogens with zero attached hydrogens (tertiary/aromatic N) is 4. The van der Waals surface area contributed by atoms with Crippen LogP contribution in [0.2, 0.25) is 0 Å². The third-order valence-electron chi connectivity index (χ3n) is 5.44. The number of anilines is 2. The molecule has 36 heavy (non-hydrogen) atoms. The maximum absolute atomic E-state index is 5.89. The normalized spacial score (nSPS) is 10.5. The maximum atomic E-state index is 5.89. The van der Waals surface area contributed by atoms with E-state index in [2.05, 4.69) is 61.3 Å². The van der Waals surface area contributed by atoms with Gasteiger partial charge in [0.2, 0.25) is 0 Å². The molecule has 0 atom stereocenters. The quantitative estimate of drug-likeness (QED) is 0.281. The minimum Gasteiger partial charge on any atom is -0.489 e. The van der Waals surface area contributed by atoms with Crippen molar-refractivity contribution in [1.82, 2.24) is 24.8 Å². The Hall–Kier alpha value is -4.23. The summed E-state index contributed by atoms with van der Waals surface area (Å²) in [5.41, 5.74) is 4.00. The molecule has 7 heteroatoms. The van der Waals surface area contributed by atoms with Crippen LogP contribution in [0.3, 0.4) is 0 Å². The lowest BCUT2D eigenvalue weighted by molar-refractivity contribution is 0.306. The molecular formula is C29H32N6O. The summed E-state index contributed by atoms with van der Waals surface area (Å²) in [6, 6.07) is 24.2. The van der Waals surface area contributed by atoms with Crippen molar-refractivity contribution in [2.24, 2.45) is 0 Å². The molecule has 0 unspecified atom stereocenters. The van der Waals surface area contributed by atoms with Crippen molar-refractivity contribution in [2.75, 3.05) is 19.4 Å². The molecule has 0 saturated carbocycles. The Labute approximate surface area is 212 Å². The maximum Gasteiger partial charge on any atom is 0.141 e. The third kappa shape index (κ3) is 6.25. The Morgan fingerprint density at radius 1 is 0.889 bits per heavy atom. The van der Waals surface area contributed by atoms with Gasteiger partial charge < -0.3 is 19.9 Å². The van der Waals surface area contributed by atoms with Crippen LogP contribution in [-0.2, 0) is 13.2 Å². The van der Waals surface area contributed by atoms with Gasteiger partial charge in [-0.1, -0.05) is 37.3 Å². The molecule has 2 N–H and O–H groups in total. The Morgan fingerprint density at radius 3 is 2.42 bits per heavy atom. The Balaban J connectivity index is 0.000000967. The molecule has 0 aliphatic rings. The number of fused-ring (bicyclic) bond motifs is 1. The van der Waals surface area contributed by atoms with Crippen LogP contribution in [-0.4, -0.2) is 33.6 Å². The van der Waals surface area contributed by atoms with Crippen molar-refractivity contribution in [3.63, 3.8) is 0 Å². The molecule has 0 aliphatic heterocycles. The molecule has 184 valence electrons. The van der Waals surface area contributed by atoms with Gasteiger partial charge in [-0.3, -0.25) is 0 Å². The molecule has 0 spiro atoms. The summed E-state index contributed by atoms with van der Waals surface area (Å²) in [6.07, 6.45) is 6.50. The number of nitrogens with one attached hydrogen (secondary N) is 2. The lowest BCUT2D eigenvalue weighted by Crippen LogP contribution is -2.00. The number of aryl methyl sites for hydroxylation is 1. The second-order valence-electron chi connectivity index (χ2n) is 8.32. The van der Waals surface area contributed by atoms with Gasteiger partial charge in [-0.25, -0.2) is 15.0 Å². The van der Waals surface area contributed by atoms with Crippen LogP contribution >= 0.6 is 0 Å². The molecule has 0 fully saturated rings. The van der Waals surface area contributed by atoms with Gasteiger partial charge >= 0.3 is 0 Å². The number of hydrogen-bond donors (Lipinski definition) is 2. The Morgan fingerprint density at radius 2 is 1.67 bits per heavy atom. The van der Waals surface area contributed by atoms with E-state index < -0.39 is 0 Å². The zero-order valence-corrected chi connectivity index (χ0v) is 21.0. The van der Waals surface area contributed by atoms with E-state index in [0.29, 0.717) is 6.61 Å². The molecular weight excluding hydrogens is 448 g/mol. The molecule has 0 radical (unpaired) electrons. The summed E-state index contributed by atoms with van der Waals surface area (Å²) >= 11 is 0. The fourth-order valence-electron chi connectivity index (χ4n) is 3.80. The zero-order valence-electron chi connectivity index (χ0n) is 21.0. The van der Waals surface area contributed by atoms with Gasteiger partial charge in [0.25, 0.3) is 0 Å². The molecule has 0 saturated heterocycles. The van der Waals surface area contributed by atoms with Crippen LogP contribution in [0.25, 0.3) is 22.3 Å². The monoisotopic (exact) mass is 480 g/mol. The van der Waals surface area contributed by atoms with Gasteiger partial charge in [0, 0.05) is 35.6 Å².